The van der Waals surface area contributed by atoms with Gasteiger partial charge in [0, 0.05) is 11.3 Å². The standard InChI is InChI=1S/C14H17N5OS/c1-4-8-21-14-15-13(18-19-14)17-16-10(2)11-6-5-7-12(9-11)20-3/h4-7,9H,1,8H2,2-3H3,(H2,15,17,18,19)/b16-10+. The number of H-pyrrole nitrogens is 1. The third-order valence-corrected chi connectivity index (χ3v) is 3.46. The van der Waals surface area contributed by atoms with Gasteiger partial charge in [0.15, 0.2) is 0 Å². The second-order valence-electron chi connectivity index (χ2n) is 4.11. The number of rotatable bonds is 7. The van der Waals surface area contributed by atoms with E-state index in [1.165, 1.54) is 11.8 Å². The number of hydrazone groups is 1. The normalized spacial score (nSPS) is 11.2. The van der Waals surface area contributed by atoms with Crippen LogP contribution in [0.2, 0.25) is 0 Å². The van der Waals surface area contributed by atoms with E-state index < -0.39 is 0 Å². The van der Waals surface area contributed by atoms with Gasteiger partial charge in [-0.3, -0.25) is 0 Å². The summed E-state index contributed by atoms with van der Waals surface area (Å²) in [6, 6.07) is 7.70. The van der Waals surface area contributed by atoms with Crippen LogP contribution in [-0.4, -0.2) is 33.8 Å². The summed E-state index contributed by atoms with van der Waals surface area (Å²) in [5.41, 5.74) is 4.66. The molecule has 1 heterocycles. The molecule has 0 radical (unpaired) electrons. The van der Waals surface area contributed by atoms with Crippen LogP contribution in [0.3, 0.4) is 0 Å². The lowest BCUT2D eigenvalue weighted by molar-refractivity contribution is 0.414. The predicted molar refractivity (Wildman–Crippen MR) is 86.1 cm³/mol. The minimum atomic E-state index is 0.504. The molecule has 0 fully saturated rings. The van der Waals surface area contributed by atoms with Gasteiger partial charge in [-0.05, 0) is 19.1 Å². The first-order valence-electron chi connectivity index (χ1n) is 6.33. The Balaban J connectivity index is 2.02. The summed E-state index contributed by atoms with van der Waals surface area (Å²) in [5.74, 6) is 2.07. The van der Waals surface area contributed by atoms with Gasteiger partial charge in [-0.1, -0.05) is 30.0 Å². The summed E-state index contributed by atoms with van der Waals surface area (Å²) in [4.78, 5) is 4.25. The highest BCUT2D eigenvalue weighted by Crippen LogP contribution is 2.15. The molecule has 2 N–H and O–H groups in total. The number of nitrogens with zero attached hydrogens (tertiary/aromatic N) is 3. The second kappa shape index (κ2) is 7.49. The molecule has 0 saturated carbocycles. The molecule has 0 amide bonds. The first kappa shape index (κ1) is 15.1. The summed E-state index contributed by atoms with van der Waals surface area (Å²) < 4.78 is 5.19. The van der Waals surface area contributed by atoms with Gasteiger partial charge >= 0.3 is 0 Å². The molecule has 0 aliphatic heterocycles. The van der Waals surface area contributed by atoms with Crippen molar-refractivity contribution in [1.29, 1.82) is 0 Å². The number of nitrogens with one attached hydrogen (secondary N) is 2. The van der Waals surface area contributed by atoms with E-state index in [9.17, 15) is 0 Å². The number of anilines is 1. The van der Waals surface area contributed by atoms with Crippen LogP contribution in [-0.2, 0) is 0 Å². The smallest absolute Gasteiger partial charge is 0.240 e. The molecule has 0 saturated heterocycles. The van der Waals surface area contributed by atoms with Crippen LogP contribution in [0.15, 0.2) is 47.2 Å². The minimum absolute atomic E-state index is 0.504. The van der Waals surface area contributed by atoms with E-state index in [-0.39, 0.29) is 0 Å². The number of aromatic nitrogens is 3. The Morgan fingerprint density at radius 3 is 3.19 bits per heavy atom. The van der Waals surface area contributed by atoms with Crippen molar-refractivity contribution in [2.24, 2.45) is 5.10 Å². The molecule has 0 aliphatic carbocycles. The topological polar surface area (TPSA) is 75.2 Å². The minimum Gasteiger partial charge on any atom is -0.497 e. The molecule has 110 valence electrons. The van der Waals surface area contributed by atoms with Crippen LogP contribution in [0.1, 0.15) is 12.5 Å². The Hall–Kier alpha value is -2.28. The molecular formula is C14H17N5OS. The fraction of sp³-hybridized carbons (Fsp3) is 0.214. The molecule has 2 rings (SSSR count). The van der Waals surface area contributed by atoms with Crippen molar-refractivity contribution in [2.45, 2.75) is 12.1 Å². The van der Waals surface area contributed by atoms with E-state index in [0.29, 0.717) is 11.1 Å². The molecule has 1 aromatic carbocycles. The molecule has 0 spiro atoms. The number of hydrogen-bond acceptors (Lipinski definition) is 6. The summed E-state index contributed by atoms with van der Waals surface area (Å²) in [5, 5.41) is 11.8. The third kappa shape index (κ3) is 4.35. The zero-order valence-corrected chi connectivity index (χ0v) is 12.8. The van der Waals surface area contributed by atoms with Crippen molar-refractivity contribution in [3.8, 4) is 5.75 Å². The summed E-state index contributed by atoms with van der Waals surface area (Å²) in [7, 11) is 1.64. The first-order chi connectivity index (χ1) is 10.2. The van der Waals surface area contributed by atoms with Crippen molar-refractivity contribution in [1.82, 2.24) is 15.2 Å². The van der Waals surface area contributed by atoms with Crippen LogP contribution in [0.25, 0.3) is 0 Å². The van der Waals surface area contributed by atoms with Gasteiger partial charge in [-0.15, -0.1) is 11.7 Å². The van der Waals surface area contributed by atoms with Crippen molar-refractivity contribution in [3.05, 3.63) is 42.5 Å². The van der Waals surface area contributed by atoms with Gasteiger partial charge in [0.25, 0.3) is 0 Å². The lowest BCUT2D eigenvalue weighted by Crippen LogP contribution is -2.01. The number of aromatic amines is 1. The fourth-order valence-electron chi connectivity index (χ4n) is 1.54. The Kier molecular flexibility index (Phi) is 5.39. The van der Waals surface area contributed by atoms with E-state index in [4.69, 9.17) is 4.74 Å². The lowest BCUT2D eigenvalue weighted by Gasteiger charge is -2.04. The molecule has 0 unspecified atom stereocenters. The molecule has 21 heavy (non-hydrogen) atoms. The average molecular weight is 303 g/mol. The maximum atomic E-state index is 5.19. The van der Waals surface area contributed by atoms with Gasteiger partial charge in [-0.25, -0.2) is 10.5 Å². The lowest BCUT2D eigenvalue weighted by atomic mass is 10.1. The molecule has 0 atom stereocenters. The highest BCUT2D eigenvalue weighted by atomic mass is 32.2. The Labute approximate surface area is 127 Å². The third-order valence-electron chi connectivity index (χ3n) is 2.61. The zero-order valence-electron chi connectivity index (χ0n) is 12.0. The average Bonchev–Trinajstić information content (AvgIpc) is 2.98. The van der Waals surface area contributed by atoms with E-state index in [1.807, 2.05) is 31.2 Å². The molecule has 6 nitrogen and oxygen atoms in total. The van der Waals surface area contributed by atoms with Crippen LogP contribution in [0, 0.1) is 0 Å². The van der Waals surface area contributed by atoms with Gasteiger partial charge in [0.2, 0.25) is 11.1 Å². The van der Waals surface area contributed by atoms with Crippen LogP contribution in [0.4, 0.5) is 5.95 Å². The molecule has 7 heteroatoms. The van der Waals surface area contributed by atoms with E-state index in [2.05, 4.69) is 32.3 Å². The van der Waals surface area contributed by atoms with Crippen molar-refractivity contribution in [2.75, 3.05) is 18.3 Å². The van der Waals surface area contributed by atoms with Gasteiger partial charge in [0.1, 0.15) is 5.75 Å². The van der Waals surface area contributed by atoms with Crippen molar-refractivity contribution in [3.63, 3.8) is 0 Å². The SMILES string of the molecule is C=CCSc1n[nH]c(N/N=C(\C)c2cccc(OC)c2)n1. The van der Waals surface area contributed by atoms with Crippen molar-refractivity contribution < 1.29 is 4.74 Å². The van der Waals surface area contributed by atoms with Crippen LogP contribution in [0.5, 0.6) is 5.75 Å². The summed E-state index contributed by atoms with van der Waals surface area (Å²) in [6.45, 7) is 5.56. The highest BCUT2D eigenvalue weighted by molar-refractivity contribution is 7.99. The largest absolute Gasteiger partial charge is 0.497 e. The summed E-state index contributed by atoms with van der Waals surface area (Å²) >= 11 is 1.50. The molecule has 0 aliphatic rings. The Bertz CT molecular complexity index is 638. The van der Waals surface area contributed by atoms with E-state index >= 15 is 0 Å². The first-order valence-corrected chi connectivity index (χ1v) is 7.32. The van der Waals surface area contributed by atoms with E-state index in [0.717, 1.165) is 22.8 Å². The number of ether oxygens (including phenoxy) is 1. The number of thioether (sulfide) groups is 1. The summed E-state index contributed by atoms with van der Waals surface area (Å²) in [6.07, 6.45) is 1.80. The Morgan fingerprint density at radius 1 is 1.57 bits per heavy atom. The van der Waals surface area contributed by atoms with E-state index in [1.54, 1.807) is 13.2 Å². The number of benzene rings is 1. The van der Waals surface area contributed by atoms with Gasteiger partial charge < -0.3 is 4.74 Å². The Morgan fingerprint density at radius 2 is 2.43 bits per heavy atom. The number of hydrogen-bond donors (Lipinski definition) is 2. The van der Waals surface area contributed by atoms with Gasteiger partial charge in [-0.2, -0.15) is 10.1 Å². The van der Waals surface area contributed by atoms with Crippen LogP contribution >= 0.6 is 11.8 Å². The maximum absolute atomic E-state index is 5.19. The quantitative estimate of drug-likeness (QED) is 0.356. The number of methoxy groups -OCH3 is 1. The monoisotopic (exact) mass is 303 g/mol. The zero-order chi connectivity index (χ0) is 15.1. The molecule has 0 bridgehead atoms. The maximum Gasteiger partial charge on any atom is 0.240 e. The molecular weight excluding hydrogens is 286 g/mol. The highest BCUT2D eigenvalue weighted by Gasteiger charge is 2.03. The second-order valence-corrected chi connectivity index (χ2v) is 5.09. The fourth-order valence-corrected chi connectivity index (χ4v) is 2.08. The molecule has 1 aromatic heterocycles. The van der Waals surface area contributed by atoms with Crippen LogP contribution < -0.4 is 10.2 Å². The van der Waals surface area contributed by atoms with Gasteiger partial charge in [0.05, 0.1) is 12.8 Å². The van der Waals surface area contributed by atoms with Crippen molar-refractivity contribution >= 4 is 23.4 Å². The predicted octanol–water partition coefficient (Wildman–Crippen LogP) is 2.93. The molecule has 2 aromatic rings.